The highest BCUT2D eigenvalue weighted by atomic mass is 32.2. The molecule has 7 nitrogen and oxygen atoms in total. The van der Waals surface area contributed by atoms with Crippen molar-refractivity contribution in [3.05, 3.63) is 54.1 Å². The molecule has 1 aliphatic heterocycles. The standard InChI is InChI=1S/C25H30N2O5S/c1-5-31-20-10-12-21(13-11-20)33(28,29)23-24(27-14-16-30-17-15-27)32-22(26-23)18-6-8-19(9-7-18)25(2,3)4/h6-13H,5,14-17H2,1-4H3. The molecule has 0 atom stereocenters. The summed E-state index contributed by atoms with van der Waals surface area (Å²) in [4.78, 5) is 6.51. The highest BCUT2D eigenvalue weighted by molar-refractivity contribution is 7.91. The largest absolute Gasteiger partial charge is 0.494 e. The summed E-state index contributed by atoms with van der Waals surface area (Å²) in [6.45, 7) is 10.9. The first-order chi connectivity index (χ1) is 15.7. The van der Waals surface area contributed by atoms with Crippen molar-refractivity contribution in [1.29, 1.82) is 0 Å². The maximum Gasteiger partial charge on any atom is 0.236 e. The van der Waals surface area contributed by atoms with Crippen LogP contribution in [0.2, 0.25) is 0 Å². The van der Waals surface area contributed by atoms with Crippen LogP contribution in [0.25, 0.3) is 11.5 Å². The zero-order valence-corrected chi connectivity index (χ0v) is 20.3. The van der Waals surface area contributed by atoms with Crippen LogP contribution in [0.15, 0.2) is 62.9 Å². The first kappa shape index (κ1) is 23.3. The molecule has 3 aromatic rings. The van der Waals surface area contributed by atoms with E-state index in [1.54, 1.807) is 12.1 Å². The second kappa shape index (κ2) is 9.19. The zero-order valence-electron chi connectivity index (χ0n) is 19.5. The van der Waals surface area contributed by atoms with E-state index in [2.05, 4.69) is 25.8 Å². The van der Waals surface area contributed by atoms with Gasteiger partial charge >= 0.3 is 0 Å². The Kier molecular flexibility index (Phi) is 6.50. The van der Waals surface area contributed by atoms with Crippen molar-refractivity contribution in [2.75, 3.05) is 37.8 Å². The van der Waals surface area contributed by atoms with Crippen LogP contribution in [0.1, 0.15) is 33.3 Å². The lowest BCUT2D eigenvalue weighted by Gasteiger charge is -2.26. The molecule has 0 N–H and O–H groups in total. The maximum atomic E-state index is 13.6. The van der Waals surface area contributed by atoms with E-state index in [1.807, 2.05) is 36.1 Å². The van der Waals surface area contributed by atoms with Gasteiger partial charge in [0.25, 0.3) is 0 Å². The van der Waals surface area contributed by atoms with Gasteiger partial charge < -0.3 is 18.8 Å². The zero-order chi connectivity index (χ0) is 23.6. The summed E-state index contributed by atoms with van der Waals surface area (Å²) in [7, 11) is -3.91. The Morgan fingerprint density at radius 2 is 1.64 bits per heavy atom. The van der Waals surface area contributed by atoms with Crippen LogP contribution >= 0.6 is 0 Å². The van der Waals surface area contributed by atoms with Crippen molar-refractivity contribution < 1.29 is 22.3 Å². The van der Waals surface area contributed by atoms with Gasteiger partial charge in [-0.15, -0.1) is 0 Å². The van der Waals surface area contributed by atoms with Crippen LogP contribution in [0, 0.1) is 0 Å². The van der Waals surface area contributed by atoms with Gasteiger partial charge in [-0.1, -0.05) is 32.9 Å². The monoisotopic (exact) mass is 470 g/mol. The summed E-state index contributed by atoms with van der Waals surface area (Å²) in [5.41, 5.74) is 1.91. The number of morpholine rings is 1. The topological polar surface area (TPSA) is 81.9 Å². The van der Waals surface area contributed by atoms with Crippen molar-refractivity contribution in [2.24, 2.45) is 0 Å². The number of nitrogens with zero attached hydrogens (tertiary/aromatic N) is 2. The minimum absolute atomic E-state index is 0.0102. The summed E-state index contributed by atoms with van der Waals surface area (Å²) in [6.07, 6.45) is 0. The van der Waals surface area contributed by atoms with Crippen LogP contribution in [-0.2, 0) is 20.0 Å². The van der Waals surface area contributed by atoms with Crippen molar-refractivity contribution in [3.8, 4) is 17.2 Å². The number of hydrogen-bond donors (Lipinski definition) is 0. The molecule has 0 bridgehead atoms. The highest BCUT2D eigenvalue weighted by Gasteiger charge is 2.32. The van der Waals surface area contributed by atoms with E-state index >= 15 is 0 Å². The predicted molar refractivity (Wildman–Crippen MR) is 127 cm³/mol. The van der Waals surface area contributed by atoms with Crippen molar-refractivity contribution in [3.63, 3.8) is 0 Å². The van der Waals surface area contributed by atoms with Crippen LogP contribution in [0.4, 0.5) is 5.88 Å². The normalized spacial score (nSPS) is 15.0. The van der Waals surface area contributed by atoms with Gasteiger partial charge in [-0.3, -0.25) is 0 Å². The van der Waals surface area contributed by atoms with Crippen LogP contribution < -0.4 is 9.64 Å². The van der Waals surface area contributed by atoms with Gasteiger partial charge in [0, 0.05) is 18.7 Å². The molecule has 1 saturated heterocycles. The van der Waals surface area contributed by atoms with E-state index in [-0.39, 0.29) is 27.1 Å². The fourth-order valence-corrected chi connectivity index (χ4v) is 4.99. The molecule has 1 aliphatic rings. The molecule has 1 fully saturated rings. The lowest BCUT2D eigenvalue weighted by Crippen LogP contribution is -2.36. The number of anilines is 1. The minimum atomic E-state index is -3.91. The summed E-state index contributed by atoms with van der Waals surface area (Å²) in [5.74, 6) is 1.15. The van der Waals surface area contributed by atoms with Gasteiger partial charge in [-0.25, -0.2) is 8.42 Å². The molecular weight excluding hydrogens is 440 g/mol. The molecule has 0 aliphatic carbocycles. The summed E-state index contributed by atoms with van der Waals surface area (Å²) in [5, 5.41) is -0.0801. The number of hydrogen-bond acceptors (Lipinski definition) is 7. The molecular formula is C25H30N2O5S. The summed E-state index contributed by atoms with van der Waals surface area (Å²) >= 11 is 0. The molecule has 0 spiro atoms. The third-order valence-corrected chi connectivity index (χ3v) is 7.24. The molecule has 2 aromatic carbocycles. The lowest BCUT2D eigenvalue weighted by molar-refractivity contribution is 0.120. The molecule has 4 rings (SSSR count). The fraction of sp³-hybridized carbons (Fsp3) is 0.400. The molecule has 0 saturated carbocycles. The third-order valence-electron chi connectivity index (χ3n) is 5.58. The number of oxazole rings is 1. The molecule has 1 aromatic heterocycles. The van der Waals surface area contributed by atoms with Gasteiger partial charge in [-0.05, 0) is 54.3 Å². The van der Waals surface area contributed by atoms with Gasteiger partial charge in [0.05, 0.1) is 24.7 Å². The Morgan fingerprint density at radius 3 is 2.21 bits per heavy atom. The Hall–Kier alpha value is -2.84. The van der Waals surface area contributed by atoms with Crippen LogP contribution in [-0.4, -0.2) is 46.3 Å². The van der Waals surface area contributed by atoms with Gasteiger partial charge in [0.2, 0.25) is 26.6 Å². The quantitative estimate of drug-likeness (QED) is 0.516. The first-order valence-electron chi connectivity index (χ1n) is 11.1. The van der Waals surface area contributed by atoms with E-state index in [0.29, 0.717) is 38.7 Å². The van der Waals surface area contributed by atoms with Gasteiger partial charge in [0.15, 0.2) is 0 Å². The Balaban J connectivity index is 1.76. The molecule has 8 heteroatoms. The number of sulfone groups is 1. The molecule has 0 amide bonds. The van der Waals surface area contributed by atoms with Crippen LogP contribution in [0.5, 0.6) is 5.75 Å². The Bertz CT molecular complexity index is 1190. The predicted octanol–water partition coefficient (Wildman–Crippen LogP) is 4.71. The molecule has 0 radical (unpaired) electrons. The number of benzene rings is 2. The van der Waals surface area contributed by atoms with Gasteiger partial charge in [0.1, 0.15) is 5.75 Å². The van der Waals surface area contributed by atoms with E-state index in [0.717, 1.165) is 5.56 Å². The van der Waals surface area contributed by atoms with Gasteiger partial charge in [-0.2, -0.15) is 4.98 Å². The number of rotatable bonds is 6. The molecule has 0 unspecified atom stereocenters. The second-order valence-electron chi connectivity index (χ2n) is 8.96. The summed E-state index contributed by atoms with van der Waals surface area (Å²) < 4.78 is 44.1. The van der Waals surface area contributed by atoms with E-state index in [4.69, 9.17) is 13.9 Å². The molecule has 2 heterocycles. The van der Waals surface area contributed by atoms with Crippen molar-refractivity contribution >= 4 is 15.7 Å². The molecule has 176 valence electrons. The smallest absolute Gasteiger partial charge is 0.236 e. The van der Waals surface area contributed by atoms with Crippen molar-refractivity contribution in [2.45, 2.75) is 43.0 Å². The third kappa shape index (κ3) is 4.91. The SMILES string of the molecule is CCOc1ccc(S(=O)(=O)c2nc(-c3ccc(C(C)(C)C)cc3)oc2N2CCOCC2)cc1. The van der Waals surface area contributed by atoms with Crippen LogP contribution in [0.3, 0.4) is 0 Å². The minimum Gasteiger partial charge on any atom is -0.494 e. The molecule has 33 heavy (non-hydrogen) atoms. The Morgan fingerprint density at radius 1 is 1.00 bits per heavy atom. The number of ether oxygens (including phenoxy) is 2. The van der Waals surface area contributed by atoms with E-state index in [9.17, 15) is 8.42 Å². The average Bonchev–Trinajstić information content (AvgIpc) is 3.26. The first-order valence-corrected chi connectivity index (χ1v) is 12.6. The highest BCUT2D eigenvalue weighted by Crippen LogP contribution is 2.36. The van der Waals surface area contributed by atoms with E-state index < -0.39 is 9.84 Å². The summed E-state index contributed by atoms with van der Waals surface area (Å²) in [6, 6.07) is 14.3. The van der Waals surface area contributed by atoms with Crippen molar-refractivity contribution in [1.82, 2.24) is 4.98 Å². The average molecular weight is 471 g/mol. The second-order valence-corrected chi connectivity index (χ2v) is 10.8. The lowest BCUT2D eigenvalue weighted by atomic mass is 9.87. The maximum absolute atomic E-state index is 13.6. The number of aromatic nitrogens is 1. The fourth-order valence-electron chi connectivity index (χ4n) is 3.67. The van der Waals surface area contributed by atoms with E-state index in [1.165, 1.54) is 17.7 Å². The Labute approximate surface area is 195 Å².